The molecule has 142 valence electrons. The number of benzene rings is 3. The van der Waals surface area contributed by atoms with Crippen LogP contribution in [0.4, 0.5) is 17.1 Å². The number of hydrogen-bond acceptors (Lipinski definition) is 3. The highest BCUT2D eigenvalue weighted by Crippen LogP contribution is 2.49. The maximum absolute atomic E-state index is 5.62. The zero-order chi connectivity index (χ0) is 19.9. The molecule has 4 rings (SSSR count). The van der Waals surface area contributed by atoms with Gasteiger partial charge in [-0.1, -0.05) is 45.0 Å². The van der Waals surface area contributed by atoms with Crippen LogP contribution in [-0.2, 0) is 5.41 Å². The highest BCUT2D eigenvalue weighted by molar-refractivity contribution is 5.89. The molecule has 0 bridgehead atoms. The third kappa shape index (κ3) is 3.01. The maximum atomic E-state index is 5.62. The highest BCUT2D eigenvalue weighted by Gasteiger charge is 2.29. The largest absolute Gasteiger partial charge is 0.496 e. The molecule has 0 fully saturated rings. The second-order valence-electron chi connectivity index (χ2n) is 7.97. The second kappa shape index (κ2) is 6.90. The van der Waals surface area contributed by atoms with Gasteiger partial charge in [-0.15, -0.1) is 0 Å². The Hall–Kier alpha value is -2.94. The third-order valence-electron chi connectivity index (χ3n) is 5.17. The SMILES string of the molecule is COc1cccc2c1[C]c1c(OC)cccc1N2c1ccc(C(C)(C)C)cc1. The number of rotatable bonds is 3. The Bertz CT molecular complexity index is 947. The summed E-state index contributed by atoms with van der Waals surface area (Å²) in [5.41, 5.74) is 6.47. The van der Waals surface area contributed by atoms with Crippen LogP contribution >= 0.6 is 0 Å². The van der Waals surface area contributed by atoms with Crippen molar-refractivity contribution in [1.82, 2.24) is 0 Å². The van der Waals surface area contributed by atoms with Crippen LogP contribution in [0.3, 0.4) is 0 Å². The zero-order valence-corrected chi connectivity index (χ0v) is 17.0. The maximum Gasteiger partial charge on any atom is 0.125 e. The first-order valence-corrected chi connectivity index (χ1v) is 9.45. The van der Waals surface area contributed by atoms with Gasteiger partial charge in [0.1, 0.15) is 11.5 Å². The zero-order valence-electron chi connectivity index (χ0n) is 17.0. The summed E-state index contributed by atoms with van der Waals surface area (Å²) in [4.78, 5) is 2.25. The fourth-order valence-electron chi connectivity index (χ4n) is 3.65. The first-order valence-electron chi connectivity index (χ1n) is 9.45. The Morgan fingerprint density at radius 3 is 1.64 bits per heavy atom. The molecular weight excluding hydrogens is 346 g/mol. The molecule has 1 heterocycles. The van der Waals surface area contributed by atoms with E-state index in [0.717, 1.165) is 39.7 Å². The van der Waals surface area contributed by atoms with Gasteiger partial charge in [-0.3, -0.25) is 0 Å². The molecular formula is C25H25NO2. The number of anilines is 3. The molecule has 0 aromatic heterocycles. The van der Waals surface area contributed by atoms with Crippen LogP contribution < -0.4 is 14.4 Å². The predicted molar refractivity (Wildman–Crippen MR) is 114 cm³/mol. The molecule has 2 radical (unpaired) electrons. The van der Waals surface area contributed by atoms with E-state index in [9.17, 15) is 0 Å². The smallest absolute Gasteiger partial charge is 0.125 e. The predicted octanol–water partition coefficient (Wildman–Crippen LogP) is 6.26. The van der Waals surface area contributed by atoms with E-state index in [1.807, 2.05) is 24.3 Å². The van der Waals surface area contributed by atoms with E-state index in [-0.39, 0.29) is 5.41 Å². The number of ether oxygens (including phenoxy) is 2. The Morgan fingerprint density at radius 2 is 1.21 bits per heavy atom. The highest BCUT2D eigenvalue weighted by atomic mass is 16.5. The normalized spacial score (nSPS) is 13.0. The molecule has 0 aliphatic carbocycles. The fraction of sp³-hybridized carbons (Fsp3) is 0.240. The molecule has 28 heavy (non-hydrogen) atoms. The molecule has 0 saturated carbocycles. The van der Waals surface area contributed by atoms with E-state index >= 15 is 0 Å². The van der Waals surface area contributed by atoms with Crippen molar-refractivity contribution in [3.63, 3.8) is 0 Å². The molecule has 1 aliphatic heterocycles. The van der Waals surface area contributed by atoms with E-state index < -0.39 is 0 Å². The van der Waals surface area contributed by atoms with Crippen molar-refractivity contribution >= 4 is 17.1 Å². The van der Waals surface area contributed by atoms with Crippen LogP contribution in [0.25, 0.3) is 0 Å². The van der Waals surface area contributed by atoms with Crippen molar-refractivity contribution in [3.05, 3.63) is 83.8 Å². The van der Waals surface area contributed by atoms with Crippen molar-refractivity contribution in [1.29, 1.82) is 0 Å². The summed E-state index contributed by atoms with van der Waals surface area (Å²) in [7, 11) is 3.38. The molecule has 0 amide bonds. The van der Waals surface area contributed by atoms with E-state index in [0.29, 0.717) is 0 Å². The average molecular weight is 371 g/mol. The van der Waals surface area contributed by atoms with Crippen molar-refractivity contribution in [2.24, 2.45) is 0 Å². The lowest BCUT2D eigenvalue weighted by atomic mass is 9.87. The van der Waals surface area contributed by atoms with Crippen LogP contribution in [0, 0.1) is 6.42 Å². The van der Waals surface area contributed by atoms with Gasteiger partial charge < -0.3 is 14.4 Å². The summed E-state index contributed by atoms with van der Waals surface area (Å²) in [6.07, 6.45) is 3.52. The van der Waals surface area contributed by atoms with Gasteiger partial charge in [0, 0.05) is 16.8 Å². The van der Waals surface area contributed by atoms with Gasteiger partial charge in [-0.05, 0) is 47.4 Å². The van der Waals surface area contributed by atoms with Gasteiger partial charge in [-0.2, -0.15) is 0 Å². The third-order valence-corrected chi connectivity index (χ3v) is 5.17. The van der Waals surface area contributed by atoms with Crippen molar-refractivity contribution in [2.75, 3.05) is 19.1 Å². The summed E-state index contributed by atoms with van der Waals surface area (Å²) in [5, 5.41) is 0. The lowest BCUT2D eigenvalue weighted by Gasteiger charge is -2.34. The van der Waals surface area contributed by atoms with Crippen LogP contribution in [0.15, 0.2) is 60.7 Å². The molecule has 0 spiro atoms. The van der Waals surface area contributed by atoms with Crippen LogP contribution in [0.1, 0.15) is 37.5 Å². The first-order chi connectivity index (χ1) is 13.4. The molecule has 0 unspecified atom stereocenters. The minimum atomic E-state index is 0.115. The van der Waals surface area contributed by atoms with Crippen molar-refractivity contribution in [3.8, 4) is 11.5 Å². The van der Waals surface area contributed by atoms with E-state index in [1.165, 1.54) is 5.56 Å². The van der Waals surface area contributed by atoms with Gasteiger partial charge in [0.2, 0.25) is 0 Å². The first kappa shape index (κ1) is 18.4. The molecule has 3 heteroatoms. The number of methoxy groups -OCH3 is 2. The quantitative estimate of drug-likeness (QED) is 0.424. The molecule has 3 nitrogen and oxygen atoms in total. The van der Waals surface area contributed by atoms with Gasteiger partial charge in [-0.25, -0.2) is 0 Å². The number of hydrogen-bond donors (Lipinski definition) is 0. The monoisotopic (exact) mass is 371 g/mol. The molecule has 3 aromatic rings. The topological polar surface area (TPSA) is 21.7 Å². The Morgan fingerprint density at radius 1 is 0.714 bits per heavy atom. The van der Waals surface area contributed by atoms with Gasteiger partial charge in [0.25, 0.3) is 0 Å². The Kier molecular flexibility index (Phi) is 4.54. The van der Waals surface area contributed by atoms with E-state index in [2.05, 4.69) is 68.5 Å². The standard InChI is InChI=1S/C25H25NO2/c1-25(2,3)17-12-14-18(15-13-17)26-21-8-6-10-23(27-4)19(21)16-20-22(26)9-7-11-24(20)28-5/h6-15H,1-5H3. The summed E-state index contributed by atoms with van der Waals surface area (Å²) in [6.45, 7) is 6.69. The second-order valence-corrected chi connectivity index (χ2v) is 7.97. The summed E-state index contributed by atoms with van der Waals surface area (Å²) in [6, 6.07) is 20.9. The number of fused-ring (bicyclic) bond motifs is 2. The minimum absolute atomic E-state index is 0.115. The molecule has 1 aliphatic rings. The van der Waals surface area contributed by atoms with Gasteiger partial charge >= 0.3 is 0 Å². The van der Waals surface area contributed by atoms with Crippen molar-refractivity contribution in [2.45, 2.75) is 26.2 Å². The lowest BCUT2D eigenvalue weighted by molar-refractivity contribution is 0.409. The van der Waals surface area contributed by atoms with Gasteiger partial charge in [0.15, 0.2) is 0 Å². The van der Waals surface area contributed by atoms with E-state index in [1.54, 1.807) is 14.2 Å². The van der Waals surface area contributed by atoms with Gasteiger partial charge in [0.05, 0.1) is 32.0 Å². The molecule has 0 atom stereocenters. The summed E-state index contributed by atoms with van der Waals surface area (Å²) < 4.78 is 11.2. The van der Waals surface area contributed by atoms with Crippen molar-refractivity contribution < 1.29 is 9.47 Å². The minimum Gasteiger partial charge on any atom is -0.496 e. The average Bonchev–Trinajstić information content (AvgIpc) is 2.70. The molecule has 0 saturated heterocycles. The lowest BCUT2D eigenvalue weighted by Crippen LogP contribution is -2.19. The number of nitrogens with zero attached hydrogens (tertiary/aromatic N) is 1. The molecule has 0 N–H and O–H groups in total. The summed E-state index contributed by atoms with van der Waals surface area (Å²) >= 11 is 0. The fourth-order valence-corrected chi connectivity index (χ4v) is 3.65. The van der Waals surface area contributed by atoms with Crippen LogP contribution in [-0.4, -0.2) is 14.2 Å². The molecule has 3 aromatic carbocycles. The van der Waals surface area contributed by atoms with Crippen LogP contribution in [0.5, 0.6) is 11.5 Å². The Labute approximate surface area is 167 Å². The van der Waals surface area contributed by atoms with Crippen LogP contribution in [0.2, 0.25) is 0 Å². The van der Waals surface area contributed by atoms with E-state index in [4.69, 9.17) is 9.47 Å². The summed E-state index contributed by atoms with van der Waals surface area (Å²) in [5.74, 6) is 1.59. The Balaban J connectivity index is 1.92.